The molecule has 3 aliphatic carbocycles. The van der Waals surface area contributed by atoms with E-state index in [0.29, 0.717) is 0 Å². The van der Waals surface area contributed by atoms with Crippen molar-refractivity contribution in [3.05, 3.63) is 87.0 Å². The van der Waals surface area contributed by atoms with E-state index in [0.717, 1.165) is 22.6 Å². The first-order chi connectivity index (χ1) is 18.7. The van der Waals surface area contributed by atoms with Crippen LogP contribution in [0.25, 0.3) is 0 Å². The third kappa shape index (κ3) is 15.9. The van der Waals surface area contributed by atoms with Crippen molar-refractivity contribution in [3.63, 3.8) is 0 Å². The smallest absolute Gasteiger partial charge is 0.418 e. The number of rotatable bonds is 6. The second-order valence-corrected chi connectivity index (χ2v) is 16.0. The van der Waals surface area contributed by atoms with E-state index < -0.39 is 7.25 Å². The van der Waals surface area contributed by atoms with Gasteiger partial charge in [-0.2, -0.15) is 0 Å². The van der Waals surface area contributed by atoms with Gasteiger partial charge >= 0.3 is 7.25 Å². The van der Waals surface area contributed by atoms with E-state index in [1.165, 1.54) is 64.2 Å². The van der Waals surface area contributed by atoms with Crippen LogP contribution in [-0.4, -0.2) is 29.9 Å². The molecule has 0 nitrogen and oxygen atoms in total. The third-order valence-electron chi connectivity index (χ3n) is 7.77. The zero-order chi connectivity index (χ0) is 28.7. The van der Waals surface area contributed by atoms with Gasteiger partial charge in [0.2, 0.25) is 0 Å². The van der Waals surface area contributed by atoms with Crippen LogP contribution < -0.4 is 0 Å². The largest absolute Gasteiger partial charge is 0.673 e. The van der Waals surface area contributed by atoms with Crippen LogP contribution in [0.2, 0.25) is 0 Å². The summed E-state index contributed by atoms with van der Waals surface area (Å²) in [5.74, 6) is 0. The summed E-state index contributed by atoms with van der Waals surface area (Å²) in [5, 5.41) is 0. The van der Waals surface area contributed by atoms with E-state index in [-0.39, 0.29) is 52.4 Å². The van der Waals surface area contributed by atoms with Gasteiger partial charge < -0.3 is 17.3 Å². The third-order valence-corrected chi connectivity index (χ3v) is 15.0. The van der Waals surface area contributed by atoms with Crippen LogP contribution in [0.1, 0.15) is 91.9 Å². The Morgan fingerprint density at radius 2 is 0.780 bits per heavy atom. The molecule has 0 aromatic carbocycles. The molecule has 0 N–H and O–H groups in total. The fraction of sp³-hybridized carbons (Fsp3) is 0.562. The second-order valence-electron chi connectivity index (χ2n) is 10.4. The molecular formula is C32H48BF4FeP2Rh-. The zero-order valence-electron chi connectivity index (χ0n) is 25.0. The van der Waals surface area contributed by atoms with Gasteiger partial charge in [-0.25, -0.2) is 0 Å². The molecule has 0 aromatic rings. The number of allylic oxidation sites excluding steroid dienone is 4. The molecule has 0 amide bonds. The van der Waals surface area contributed by atoms with Crippen molar-refractivity contribution in [3.8, 4) is 0 Å². The van der Waals surface area contributed by atoms with Crippen molar-refractivity contribution in [1.29, 1.82) is 0 Å². The van der Waals surface area contributed by atoms with Gasteiger partial charge in [0.05, 0.1) is 0 Å². The Kier molecular flexibility index (Phi) is 24.3. The van der Waals surface area contributed by atoms with Gasteiger partial charge in [0.1, 0.15) is 0 Å². The first kappa shape index (κ1) is 42.3. The van der Waals surface area contributed by atoms with Crippen LogP contribution in [0.15, 0.2) is 24.3 Å². The molecule has 2 saturated carbocycles. The van der Waals surface area contributed by atoms with E-state index in [2.05, 4.69) is 103 Å². The van der Waals surface area contributed by atoms with E-state index in [9.17, 15) is 17.3 Å². The minimum absolute atomic E-state index is 0. The summed E-state index contributed by atoms with van der Waals surface area (Å²) in [6.45, 7) is 9.37. The molecule has 41 heavy (non-hydrogen) atoms. The topological polar surface area (TPSA) is 0 Å². The Hall–Kier alpha value is 1.27. The van der Waals surface area contributed by atoms with Crippen LogP contribution in [0.4, 0.5) is 17.3 Å². The molecule has 2 heterocycles. The molecule has 5 aliphatic rings. The van der Waals surface area contributed by atoms with Gasteiger partial charge in [0, 0.05) is 47.9 Å². The van der Waals surface area contributed by atoms with Crippen molar-refractivity contribution in [2.24, 2.45) is 0 Å². The molecule has 0 aromatic heterocycles. The molecule has 0 bridgehead atoms. The average Bonchev–Trinajstić information content (AvgIpc) is 3.53. The van der Waals surface area contributed by atoms with Crippen LogP contribution in [-0.2, 0) is 36.5 Å². The van der Waals surface area contributed by atoms with Crippen molar-refractivity contribution in [1.82, 2.24) is 0 Å². The van der Waals surface area contributed by atoms with E-state index in [1.54, 1.807) is 11.3 Å². The van der Waals surface area contributed by atoms with Crippen molar-refractivity contribution in [2.45, 2.75) is 115 Å². The molecule has 4 atom stereocenters. The number of hydrogen-bond acceptors (Lipinski definition) is 0. The SMILES string of the molecule is C1=CCCC=CCC1.CCC1CC(CC)P1[C]1[CH][CH][CH][CH]1.CCC1CC(CC)P1[C]1[CH][CH][CH][CH]1.F[B-](F)(F)F.[Fe].[Rh]. The first-order valence-corrected chi connectivity index (χ1v) is 17.9. The predicted octanol–water partition coefficient (Wildman–Crippen LogP) is 11.6. The Balaban J connectivity index is 0.000000541. The normalized spacial score (nSPS) is 31.1. The van der Waals surface area contributed by atoms with Crippen LogP contribution >= 0.6 is 15.8 Å². The molecule has 4 unspecified atom stereocenters. The molecule has 11 radical (unpaired) electrons. The monoisotopic (exact) mass is 740 g/mol. The van der Waals surface area contributed by atoms with Gasteiger partial charge in [0.15, 0.2) is 0 Å². The summed E-state index contributed by atoms with van der Waals surface area (Å²) in [5.41, 5.74) is 7.43. The predicted molar refractivity (Wildman–Crippen MR) is 167 cm³/mol. The summed E-state index contributed by atoms with van der Waals surface area (Å²) in [6, 6.07) is 0. The average molecular weight is 740 g/mol. The van der Waals surface area contributed by atoms with Gasteiger partial charge in [0.25, 0.3) is 0 Å². The summed E-state index contributed by atoms with van der Waals surface area (Å²) >= 11 is 0. The molecule has 0 spiro atoms. The summed E-state index contributed by atoms with van der Waals surface area (Å²) in [6.07, 6.45) is 40.6. The van der Waals surface area contributed by atoms with Gasteiger partial charge in [-0.1, -0.05) is 67.8 Å². The minimum Gasteiger partial charge on any atom is -0.418 e. The van der Waals surface area contributed by atoms with Gasteiger partial charge in [-0.05, 0) is 138 Å². The molecule has 5 rings (SSSR count). The van der Waals surface area contributed by atoms with Crippen molar-refractivity contribution in [2.75, 3.05) is 0 Å². The van der Waals surface area contributed by atoms with Crippen LogP contribution in [0.3, 0.4) is 0 Å². The number of halogens is 4. The Labute approximate surface area is 277 Å². The maximum Gasteiger partial charge on any atom is 0.673 e. The zero-order valence-corrected chi connectivity index (χ0v) is 29.5. The van der Waals surface area contributed by atoms with Crippen molar-refractivity contribution >= 4 is 23.1 Å². The van der Waals surface area contributed by atoms with Gasteiger partial charge in [-0.3, -0.25) is 0 Å². The molecule has 235 valence electrons. The van der Waals surface area contributed by atoms with E-state index >= 15 is 0 Å². The van der Waals surface area contributed by atoms with Crippen molar-refractivity contribution < 1.29 is 53.8 Å². The Morgan fingerprint density at radius 3 is 0.976 bits per heavy atom. The Morgan fingerprint density at radius 1 is 0.561 bits per heavy atom. The van der Waals surface area contributed by atoms with Crippen LogP contribution in [0.5, 0.6) is 0 Å². The quantitative estimate of drug-likeness (QED) is 0.110. The minimum atomic E-state index is -6.00. The van der Waals surface area contributed by atoms with Gasteiger partial charge in [-0.15, -0.1) is 0 Å². The van der Waals surface area contributed by atoms with Crippen LogP contribution in [0, 0.1) is 62.7 Å². The molecule has 4 fully saturated rings. The fourth-order valence-electron chi connectivity index (χ4n) is 5.63. The summed E-state index contributed by atoms with van der Waals surface area (Å²) < 4.78 is 39.0. The summed E-state index contributed by atoms with van der Waals surface area (Å²) in [4.78, 5) is 0. The Bertz CT molecular complexity index is 610. The fourth-order valence-corrected chi connectivity index (χ4v) is 12.3. The molecule has 2 saturated heterocycles. The molecular weight excluding hydrogens is 692 g/mol. The second kappa shape index (κ2) is 23.6. The number of hydrogen-bond donors (Lipinski definition) is 0. The maximum absolute atomic E-state index is 9.75. The first-order valence-electron chi connectivity index (χ1n) is 14.9. The van der Waals surface area contributed by atoms with E-state index in [4.69, 9.17) is 0 Å². The van der Waals surface area contributed by atoms with E-state index in [1.807, 2.05) is 0 Å². The summed E-state index contributed by atoms with van der Waals surface area (Å²) in [7, 11) is -5.57. The standard InChI is InChI=1S/2C12H18P.C8H12.BF4.Fe.Rh/c2*1-3-10-9-11(4-2)13(10)12-7-5-6-8-12;1-2-4-6-8-7-5-3-1;2-1(3,4)5;;/h2*5-8,10-11H,3-4,9H2,1-2H3;1-2,7-8H,3-6H2;;;/q;;;-1;;. The molecule has 2 aliphatic heterocycles. The molecule has 9 heteroatoms. The maximum atomic E-state index is 9.75.